The summed E-state index contributed by atoms with van der Waals surface area (Å²) >= 11 is 1.46. The fourth-order valence-electron chi connectivity index (χ4n) is 3.20. The Morgan fingerprint density at radius 1 is 1.00 bits per heavy atom. The molecule has 2 amide bonds. The molecule has 2 N–H and O–H groups in total. The average molecular weight is 408 g/mol. The Bertz CT molecular complexity index is 1060. The van der Waals surface area contributed by atoms with Crippen LogP contribution in [0.15, 0.2) is 47.5 Å². The van der Waals surface area contributed by atoms with Gasteiger partial charge in [0.1, 0.15) is 5.03 Å². The number of aryl methyl sites for hydroxylation is 3. The van der Waals surface area contributed by atoms with Gasteiger partial charge in [0, 0.05) is 23.7 Å². The van der Waals surface area contributed by atoms with Crippen LogP contribution in [-0.2, 0) is 16.0 Å². The second kappa shape index (κ2) is 9.09. The average Bonchev–Trinajstić information content (AvgIpc) is 2.66. The molecule has 0 unspecified atom stereocenters. The Balaban J connectivity index is 1.69. The van der Waals surface area contributed by atoms with Gasteiger partial charge in [0.2, 0.25) is 11.8 Å². The fourth-order valence-corrected chi connectivity index (χ4v) is 4.09. The molecule has 0 saturated heterocycles. The summed E-state index contributed by atoms with van der Waals surface area (Å²) in [6.07, 6.45) is 0.866. The van der Waals surface area contributed by atoms with Crippen molar-refractivity contribution in [2.45, 2.75) is 39.1 Å². The number of carbonyl (C=O) groups excluding carboxylic acids is 2. The van der Waals surface area contributed by atoms with Crippen molar-refractivity contribution < 1.29 is 9.59 Å². The van der Waals surface area contributed by atoms with Gasteiger partial charge in [-0.25, -0.2) is 4.98 Å². The van der Waals surface area contributed by atoms with Crippen molar-refractivity contribution in [3.05, 3.63) is 59.2 Å². The molecule has 0 spiro atoms. The van der Waals surface area contributed by atoms with Crippen LogP contribution in [-0.4, -0.2) is 22.6 Å². The molecule has 0 aliphatic carbocycles. The molecule has 1 aromatic heterocycles. The molecule has 3 aromatic rings. The number of amides is 2. The lowest BCUT2D eigenvalue weighted by atomic mass is 10.0. The van der Waals surface area contributed by atoms with E-state index in [1.165, 1.54) is 35.2 Å². The molecule has 0 radical (unpaired) electrons. The smallest absolute Gasteiger partial charge is 0.234 e. The maximum atomic E-state index is 12.4. The second-order valence-electron chi connectivity index (χ2n) is 7.05. The number of aromatic nitrogens is 1. The molecule has 0 fully saturated rings. The first-order valence-corrected chi connectivity index (χ1v) is 10.6. The third kappa shape index (κ3) is 5.35. The Labute approximate surface area is 175 Å². The van der Waals surface area contributed by atoms with E-state index >= 15 is 0 Å². The van der Waals surface area contributed by atoms with Crippen molar-refractivity contribution in [2.24, 2.45) is 0 Å². The van der Waals surface area contributed by atoms with E-state index in [-0.39, 0.29) is 17.6 Å². The summed E-state index contributed by atoms with van der Waals surface area (Å²) in [6, 6.07) is 13.5. The summed E-state index contributed by atoms with van der Waals surface area (Å²) < 4.78 is 0. The van der Waals surface area contributed by atoms with Gasteiger partial charge in [-0.2, -0.15) is 0 Å². The number of anilines is 2. The van der Waals surface area contributed by atoms with Crippen LogP contribution in [0.25, 0.3) is 10.9 Å². The predicted molar refractivity (Wildman–Crippen MR) is 121 cm³/mol. The molecule has 150 valence electrons. The molecule has 29 heavy (non-hydrogen) atoms. The molecule has 3 rings (SSSR count). The van der Waals surface area contributed by atoms with Gasteiger partial charge < -0.3 is 10.6 Å². The molecule has 0 aliphatic heterocycles. The minimum atomic E-state index is -0.127. The number of hydrogen-bond acceptors (Lipinski definition) is 4. The number of fused-ring (bicyclic) bond motifs is 1. The number of carbonyl (C=O) groups is 2. The number of pyridine rings is 1. The van der Waals surface area contributed by atoms with Crippen LogP contribution in [0.2, 0.25) is 0 Å². The predicted octanol–water partition coefficient (Wildman–Crippen LogP) is 5.10. The molecule has 0 saturated carbocycles. The minimum absolute atomic E-state index is 0.0911. The maximum Gasteiger partial charge on any atom is 0.234 e. The highest BCUT2D eigenvalue weighted by Gasteiger charge is 2.11. The zero-order valence-corrected chi connectivity index (χ0v) is 17.9. The first-order valence-electron chi connectivity index (χ1n) is 9.57. The van der Waals surface area contributed by atoms with Crippen molar-refractivity contribution in [3.63, 3.8) is 0 Å². The highest BCUT2D eigenvalue weighted by molar-refractivity contribution is 8.00. The summed E-state index contributed by atoms with van der Waals surface area (Å²) in [6.45, 7) is 7.74. The number of nitrogens with zero attached hydrogens (tertiary/aromatic N) is 1. The Morgan fingerprint density at radius 3 is 2.28 bits per heavy atom. The fraction of sp³-hybridized carbons (Fsp3) is 0.261. The van der Waals surface area contributed by atoms with E-state index in [2.05, 4.69) is 49.6 Å². The number of thioether (sulfide) groups is 1. The van der Waals surface area contributed by atoms with E-state index in [1.54, 1.807) is 24.3 Å². The summed E-state index contributed by atoms with van der Waals surface area (Å²) in [7, 11) is 0. The topological polar surface area (TPSA) is 71.1 Å². The number of benzene rings is 2. The third-order valence-electron chi connectivity index (χ3n) is 4.53. The molecule has 6 heteroatoms. The van der Waals surface area contributed by atoms with Crippen LogP contribution >= 0.6 is 11.8 Å². The SMILES string of the molecule is CCc1cc2c(C)cc(C)cc2nc1SCC(=O)Nc1ccc(NC(C)=O)cc1. The lowest BCUT2D eigenvalue weighted by Crippen LogP contribution is -2.14. The zero-order valence-electron chi connectivity index (χ0n) is 17.1. The number of rotatable bonds is 6. The number of hydrogen-bond donors (Lipinski definition) is 2. The zero-order chi connectivity index (χ0) is 21.0. The van der Waals surface area contributed by atoms with Crippen molar-refractivity contribution >= 4 is 45.9 Å². The second-order valence-corrected chi connectivity index (χ2v) is 8.01. The number of nitrogens with one attached hydrogen (secondary N) is 2. The molecule has 0 aliphatic rings. The minimum Gasteiger partial charge on any atom is -0.326 e. The summed E-state index contributed by atoms with van der Waals surface area (Å²) in [4.78, 5) is 28.3. The van der Waals surface area contributed by atoms with E-state index in [1.807, 2.05) is 0 Å². The van der Waals surface area contributed by atoms with Crippen LogP contribution in [0.3, 0.4) is 0 Å². The van der Waals surface area contributed by atoms with Gasteiger partial charge in [0.15, 0.2) is 0 Å². The molecular weight excluding hydrogens is 382 g/mol. The van der Waals surface area contributed by atoms with E-state index in [0.29, 0.717) is 11.4 Å². The standard InChI is InChI=1S/C23H25N3O2S/c1-5-17-12-20-15(3)10-14(2)11-21(20)26-23(17)29-13-22(28)25-19-8-6-18(7-9-19)24-16(4)27/h6-12H,5,13H2,1-4H3,(H,24,27)(H,25,28). The third-order valence-corrected chi connectivity index (χ3v) is 5.57. The van der Waals surface area contributed by atoms with Gasteiger partial charge in [-0.05, 0) is 73.4 Å². The van der Waals surface area contributed by atoms with Crippen LogP contribution in [0.5, 0.6) is 0 Å². The normalized spacial score (nSPS) is 10.8. The summed E-state index contributed by atoms with van der Waals surface area (Å²) in [5.41, 5.74) is 5.92. The Morgan fingerprint density at radius 2 is 1.66 bits per heavy atom. The van der Waals surface area contributed by atoms with Gasteiger partial charge >= 0.3 is 0 Å². The van der Waals surface area contributed by atoms with Gasteiger partial charge in [0.05, 0.1) is 11.3 Å². The molecule has 5 nitrogen and oxygen atoms in total. The highest BCUT2D eigenvalue weighted by Crippen LogP contribution is 2.28. The maximum absolute atomic E-state index is 12.4. The van der Waals surface area contributed by atoms with Gasteiger partial charge in [-0.15, -0.1) is 0 Å². The molecule has 1 heterocycles. The molecular formula is C23H25N3O2S. The monoisotopic (exact) mass is 407 g/mol. The van der Waals surface area contributed by atoms with E-state index in [9.17, 15) is 9.59 Å². The van der Waals surface area contributed by atoms with Crippen molar-refractivity contribution in [1.29, 1.82) is 0 Å². The van der Waals surface area contributed by atoms with Crippen LogP contribution in [0.1, 0.15) is 30.5 Å². The van der Waals surface area contributed by atoms with E-state index < -0.39 is 0 Å². The lowest BCUT2D eigenvalue weighted by molar-refractivity contribution is -0.114. The van der Waals surface area contributed by atoms with E-state index in [0.717, 1.165) is 22.5 Å². The molecule has 0 atom stereocenters. The largest absolute Gasteiger partial charge is 0.326 e. The van der Waals surface area contributed by atoms with Crippen LogP contribution in [0.4, 0.5) is 11.4 Å². The molecule has 0 bridgehead atoms. The Kier molecular flexibility index (Phi) is 6.54. The van der Waals surface area contributed by atoms with Gasteiger partial charge in [0.25, 0.3) is 0 Å². The summed E-state index contributed by atoms with van der Waals surface area (Å²) in [5.74, 6) is 0.0638. The van der Waals surface area contributed by atoms with Crippen molar-refractivity contribution in [3.8, 4) is 0 Å². The first kappa shape index (κ1) is 20.9. The molecule has 2 aromatic carbocycles. The van der Waals surface area contributed by atoms with Crippen LogP contribution in [0, 0.1) is 13.8 Å². The summed E-state index contributed by atoms with van der Waals surface area (Å²) in [5, 5.41) is 7.66. The van der Waals surface area contributed by atoms with Crippen molar-refractivity contribution in [1.82, 2.24) is 4.98 Å². The van der Waals surface area contributed by atoms with E-state index in [4.69, 9.17) is 4.98 Å². The highest BCUT2D eigenvalue weighted by atomic mass is 32.2. The lowest BCUT2D eigenvalue weighted by Gasteiger charge is -2.11. The van der Waals surface area contributed by atoms with Crippen LogP contribution < -0.4 is 10.6 Å². The van der Waals surface area contributed by atoms with Gasteiger partial charge in [-0.3, -0.25) is 9.59 Å². The van der Waals surface area contributed by atoms with Gasteiger partial charge in [-0.1, -0.05) is 24.8 Å². The first-order chi connectivity index (χ1) is 13.9. The quantitative estimate of drug-likeness (QED) is 0.558. The Hall–Kier alpha value is -2.86. The van der Waals surface area contributed by atoms with Crippen molar-refractivity contribution in [2.75, 3.05) is 16.4 Å².